The Kier molecular flexibility index (Phi) is 2.08. The van der Waals surface area contributed by atoms with Crippen LogP contribution in [0.15, 0.2) is 6.20 Å². The quantitative estimate of drug-likeness (QED) is 0.714. The Morgan fingerprint density at radius 2 is 2.30 bits per heavy atom. The van der Waals surface area contributed by atoms with Gasteiger partial charge in [-0.15, -0.1) is 0 Å². The lowest BCUT2D eigenvalue weighted by atomic mass is 10.3. The van der Waals surface area contributed by atoms with E-state index in [1.54, 1.807) is 6.92 Å². The summed E-state index contributed by atoms with van der Waals surface area (Å²) in [6, 6.07) is 0. The third-order valence-corrected chi connectivity index (χ3v) is 2.59. The van der Waals surface area contributed by atoms with Crippen LogP contribution in [0.25, 0.3) is 0 Å². The number of anilines is 1. The molecule has 0 radical (unpaired) electrons. The lowest BCUT2D eigenvalue weighted by Gasteiger charge is -2.00. The van der Waals surface area contributed by atoms with Crippen LogP contribution in [0.1, 0.15) is 5.56 Å². The molecule has 0 saturated carbocycles. The van der Waals surface area contributed by atoms with Gasteiger partial charge in [0.1, 0.15) is 11.6 Å². The van der Waals surface area contributed by atoms with E-state index in [2.05, 4.69) is 4.98 Å². The van der Waals surface area contributed by atoms with Gasteiger partial charge in [0, 0.05) is 5.56 Å². The van der Waals surface area contributed by atoms with Crippen LogP contribution in [-0.2, 0) is 0 Å². The molecule has 0 aliphatic heterocycles. The highest BCUT2D eigenvalue weighted by atomic mass is 127. The summed E-state index contributed by atoms with van der Waals surface area (Å²) >= 11 is 1.97. The number of nitrogen functional groups attached to an aromatic ring is 1. The summed E-state index contributed by atoms with van der Waals surface area (Å²) in [6.45, 7) is 1.68. The zero-order valence-corrected chi connectivity index (χ0v) is 7.52. The topological polar surface area (TPSA) is 38.9 Å². The first-order valence-corrected chi connectivity index (χ1v) is 3.77. The predicted octanol–water partition coefficient (Wildman–Crippen LogP) is 1.72. The van der Waals surface area contributed by atoms with Crippen molar-refractivity contribution in [2.45, 2.75) is 6.92 Å². The van der Waals surface area contributed by atoms with Crippen molar-refractivity contribution in [2.75, 3.05) is 5.73 Å². The van der Waals surface area contributed by atoms with E-state index in [9.17, 15) is 4.39 Å². The first kappa shape index (κ1) is 7.71. The monoisotopic (exact) mass is 252 g/mol. The molecule has 0 fully saturated rings. The molecule has 54 valence electrons. The van der Waals surface area contributed by atoms with Crippen molar-refractivity contribution in [1.29, 1.82) is 0 Å². The highest BCUT2D eigenvalue weighted by molar-refractivity contribution is 14.1. The summed E-state index contributed by atoms with van der Waals surface area (Å²) in [5.41, 5.74) is 5.97. The van der Waals surface area contributed by atoms with Crippen LogP contribution < -0.4 is 5.73 Å². The van der Waals surface area contributed by atoms with Gasteiger partial charge in [-0.3, -0.25) is 0 Å². The molecule has 4 heteroatoms. The van der Waals surface area contributed by atoms with Gasteiger partial charge in [-0.2, -0.15) is 0 Å². The first-order chi connectivity index (χ1) is 4.63. The molecular weight excluding hydrogens is 246 g/mol. The van der Waals surface area contributed by atoms with E-state index in [1.807, 2.05) is 22.6 Å². The number of hydrogen-bond acceptors (Lipinski definition) is 2. The second-order valence-electron chi connectivity index (χ2n) is 1.93. The Morgan fingerprint density at radius 3 is 2.80 bits per heavy atom. The van der Waals surface area contributed by atoms with Crippen molar-refractivity contribution < 1.29 is 4.39 Å². The Hall–Kier alpha value is -0.390. The van der Waals surface area contributed by atoms with Crippen LogP contribution in [0, 0.1) is 16.3 Å². The number of pyridine rings is 1. The van der Waals surface area contributed by atoms with Crippen LogP contribution in [0.4, 0.5) is 10.2 Å². The lowest BCUT2D eigenvalue weighted by molar-refractivity contribution is 0.611. The summed E-state index contributed by atoms with van der Waals surface area (Å²) in [7, 11) is 0. The molecule has 0 atom stereocenters. The number of nitrogens with two attached hydrogens (primary N) is 1. The minimum Gasteiger partial charge on any atom is -0.383 e. The fraction of sp³-hybridized carbons (Fsp3) is 0.167. The zero-order chi connectivity index (χ0) is 7.72. The van der Waals surface area contributed by atoms with Gasteiger partial charge >= 0.3 is 0 Å². The van der Waals surface area contributed by atoms with Gasteiger partial charge < -0.3 is 5.73 Å². The number of rotatable bonds is 0. The second-order valence-corrected chi connectivity index (χ2v) is 3.01. The van der Waals surface area contributed by atoms with E-state index in [4.69, 9.17) is 5.73 Å². The van der Waals surface area contributed by atoms with Gasteiger partial charge in [0.25, 0.3) is 0 Å². The first-order valence-electron chi connectivity index (χ1n) is 2.69. The minimum atomic E-state index is -0.307. The van der Waals surface area contributed by atoms with Gasteiger partial charge in [-0.25, -0.2) is 9.37 Å². The molecule has 10 heavy (non-hydrogen) atoms. The predicted molar refractivity (Wildman–Crippen MR) is 46.1 cm³/mol. The maximum Gasteiger partial charge on any atom is 0.145 e. The number of halogens is 2. The van der Waals surface area contributed by atoms with E-state index < -0.39 is 0 Å². The van der Waals surface area contributed by atoms with Crippen LogP contribution in [0.5, 0.6) is 0 Å². The van der Waals surface area contributed by atoms with Crippen molar-refractivity contribution in [3.8, 4) is 0 Å². The third-order valence-electron chi connectivity index (χ3n) is 1.23. The zero-order valence-electron chi connectivity index (χ0n) is 5.36. The van der Waals surface area contributed by atoms with E-state index in [1.165, 1.54) is 0 Å². The standard InChI is InChI=1S/C6H6FIN2/c1-3-4(7)2-10-6(9)5(3)8/h2H,1H3,(H2,9,10). The fourth-order valence-electron chi connectivity index (χ4n) is 0.577. The molecule has 1 rings (SSSR count). The third kappa shape index (κ3) is 1.21. The normalized spacial score (nSPS) is 9.90. The van der Waals surface area contributed by atoms with Gasteiger partial charge in [-0.05, 0) is 29.5 Å². The second kappa shape index (κ2) is 2.69. The molecule has 0 aliphatic rings. The Morgan fingerprint density at radius 1 is 1.70 bits per heavy atom. The number of aromatic nitrogens is 1. The van der Waals surface area contributed by atoms with Crippen molar-refractivity contribution in [2.24, 2.45) is 0 Å². The molecule has 0 aromatic carbocycles. The van der Waals surface area contributed by atoms with E-state index >= 15 is 0 Å². The fourth-order valence-corrected chi connectivity index (χ4v) is 0.974. The highest BCUT2D eigenvalue weighted by Crippen LogP contribution is 2.18. The SMILES string of the molecule is Cc1c(F)cnc(N)c1I. The molecule has 0 unspecified atom stereocenters. The lowest BCUT2D eigenvalue weighted by Crippen LogP contribution is -1.98. The van der Waals surface area contributed by atoms with E-state index in [0.717, 1.165) is 6.20 Å². The average Bonchev–Trinajstić information content (AvgIpc) is 1.93. The van der Waals surface area contributed by atoms with Crippen LogP contribution in [0.2, 0.25) is 0 Å². The van der Waals surface area contributed by atoms with Gasteiger partial charge in [0.2, 0.25) is 0 Å². The minimum absolute atomic E-state index is 0.307. The number of hydrogen-bond donors (Lipinski definition) is 1. The highest BCUT2D eigenvalue weighted by Gasteiger charge is 2.04. The molecule has 1 aromatic heterocycles. The van der Waals surface area contributed by atoms with Crippen LogP contribution in [-0.4, -0.2) is 4.98 Å². The smallest absolute Gasteiger partial charge is 0.145 e. The Bertz CT molecular complexity index is 235. The molecule has 1 heterocycles. The summed E-state index contributed by atoms with van der Waals surface area (Å²) in [6.07, 6.45) is 1.13. The molecule has 0 spiro atoms. The molecule has 0 amide bonds. The summed E-state index contributed by atoms with van der Waals surface area (Å²) < 4.78 is 13.3. The van der Waals surface area contributed by atoms with Crippen molar-refractivity contribution >= 4 is 28.4 Å². The number of nitrogens with zero attached hydrogens (tertiary/aromatic N) is 1. The molecule has 0 aliphatic carbocycles. The maximum atomic E-state index is 12.6. The van der Waals surface area contributed by atoms with Crippen LogP contribution in [0.3, 0.4) is 0 Å². The van der Waals surface area contributed by atoms with Crippen molar-refractivity contribution in [3.05, 3.63) is 21.1 Å². The molecule has 2 N–H and O–H groups in total. The van der Waals surface area contributed by atoms with Gasteiger partial charge in [0.15, 0.2) is 0 Å². The maximum absolute atomic E-state index is 12.6. The average molecular weight is 252 g/mol. The Labute approximate surface area is 71.8 Å². The van der Waals surface area contributed by atoms with E-state index in [-0.39, 0.29) is 5.82 Å². The van der Waals surface area contributed by atoms with E-state index in [0.29, 0.717) is 15.0 Å². The van der Waals surface area contributed by atoms with Gasteiger partial charge in [0.05, 0.1) is 9.77 Å². The largest absolute Gasteiger partial charge is 0.383 e. The van der Waals surface area contributed by atoms with Gasteiger partial charge in [-0.1, -0.05) is 0 Å². The summed E-state index contributed by atoms with van der Waals surface area (Å²) in [5, 5.41) is 0. The molecule has 0 saturated heterocycles. The van der Waals surface area contributed by atoms with Crippen molar-refractivity contribution in [3.63, 3.8) is 0 Å². The molecule has 0 bridgehead atoms. The molecule has 1 aromatic rings. The summed E-state index contributed by atoms with van der Waals surface area (Å²) in [5.74, 6) is 0.0816. The molecular formula is C6H6FIN2. The van der Waals surface area contributed by atoms with Crippen molar-refractivity contribution in [1.82, 2.24) is 4.98 Å². The molecule has 2 nitrogen and oxygen atoms in total. The Balaban J connectivity index is 3.34. The van der Waals surface area contributed by atoms with Crippen LogP contribution >= 0.6 is 22.6 Å². The summed E-state index contributed by atoms with van der Waals surface area (Å²) in [4.78, 5) is 3.63.